The normalized spacial score (nSPS) is 14.3. The van der Waals surface area contributed by atoms with Gasteiger partial charge in [-0.15, -0.1) is 0 Å². The van der Waals surface area contributed by atoms with Crippen LogP contribution in [0.15, 0.2) is 12.3 Å². The number of ether oxygens (including phenoxy) is 2. The standard InChI is InChI=1S/C29H39IN4O6/c1-28(2,3)25(37)32-24-17(14-31-27(33-24)34-26(38)29(4,5)6)11-16-12-20(39-7)23(40-8)22(36)21(16)19(35)13-18(30)15-9-10-15/h12,14-15,18,36H,9-11,13H2,1-8H3,(H2,31,32,33,34,37,38). The Hall–Kier alpha value is -2.96. The number of phenolic OH excluding ortho intramolecular Hbond substituents is 1. The van der Waals surface area contributed by atoms with E-state index < -0.39 is 10.8 Å². The SMILES string of the molecule is COc1cc(Cc2cnc(NC(=O)C(C)(C)C)nc2NC(=O)C(C)(C)C)c(C(=O)CC(I)C2CC2)c(O)c1OC. The summed E-state index contributed by atoms with van der Waals surface area (Å²) in [6, 6.07) is 1.65. The number of Topliss-reactive ketones (excluding diaryl/α,β-unsaturated/α-hetero) is 1. The van der Waals surface area contributed by atoms with Crippen LogP contribution in [0.1, 0.15) is 82.3 Å². The number of phenols is 1. The number of nitrogens with one attached hydrogen (secondary N) is 2. The monoisotopic (exact) mass is 666 g/mol. The molecule has 1 aromatic carbocycles. The summed E-state index contributed by atoms with van der Waals surface area (Å²) in [7, 11) is 2.84. The molecule has 40 heavy (non-hydrogen) atoms. The number of hydrogen-bond acceptors (Lipinski definition) is 8. The van der Waals surface area contributed by atoms with Gasteiger partial charge in [-0.1, -0.05) is 64.1 Å². The third kappa shape index (κ3) is 7.61. The number of anilines is 2. The number of alkyl halides is 1. The highest BCUT2D eigenvalue weighted by atomic mass is 127. The van der Waals surface area contributed by atoms with Crippen LogP contribution >= 0.6 is 22.6 Å². The first-order valence-electron chi connectivity index (χ1n) is 13.2. The lowest BCUT2D eigenvalue weighted by atomic mass is 9.93. The van der Waals surface area contributed by atoms with Crippen LogP contribution in [-0.4, -0.2) is 50.8 Å². The Bertz CT molecular complexity index is 1290. The van der Waals surface area contributed by atoms with Crippen molar-refractivity contribution in [1.29, 1.82) is 0 Å². The van der Waals surface area contributed by atoms with Gasteiger partial charge in [0.1, 0.15) is 5.82 Å². The number of halogens is 1. The van der Waals surface area contributed by atoms with Gasteiger partial charge in [0.25, 0.3) is 0 Å². The van der Waals surface area contributed by atoms with E-state index in [9.17, 15) is 19.5 Å². The second-order valence-corrected chi connectivity index (χ2v) is 13.7. The van der Waals surface area contributed by atoms with E-state index in [2.05, 4.69) is 43.2 Å². The van der Waals surface area contributed by atoms with Gasteiger partial charge in [-0.25, -0.2) is 4.98 Å². The van der Waals surface area contributed by atoms with Crippen molar-refractivity contribution in [1.82, 2.24) is 9.97 Å². The Kier molecular flexibility index (Phi) is 9.69. The van der Waals surface area contributed by atoms with Gasteiger partial charge >= 0.3 is 0 Å². The van der Waals surface area contributed by atoms with Crippen LogP contribution in [0.5, 0.6) is 17.2 Å². The fourth-order valence-electron chi connectivity index (χ4n) is 3.88. The number of aromatic nitrogens is 2. The Balaban J connectivity index is 2.09. The topological polar surface area (TPSA) is 140 Å². The van der Waals surface area contributed by atoms with Gasteiger partial charge in [-0.3, -0.25) is 19.7 Å². The molecule has 1 atom stereocenters. The fourth-order valence-corrected chi connectivity index (χ4v) is 4.99. The minimum Gasteiger partial charge on any atom is -0.504 e. The summed E-state index contributed by atoms with van der Waals surface area (Å²) in [5.41, 5.74) is -0.308. The maximum Gasteiger partial charge on any atom is 0.232 e. The first kappa shape index (κ1) is 31.6. The fraction of sp³-hybridized carbons (Fsp3) is 0.552. The molecule has 0 aliphatic heterocycles. The number of hydrogen-bond donors (Lipinski definition) is 3. The summed E-state index contributed by atoms with van der Waals surface area (Å²) in [5, 5.41) is 16.7. The molecular formula is C29H39IN4O6. The second-order valence-electron chi connectivity index (χ2n) is 12.1. The van der Waals surface area contributed by atoms with E-state index in [0.717, 1.165) is 12.8 Å². The molecule has 0 radical (unpaired) electrons. The van der Waals surface area contributed by atoms with E-state index in [1.165, 1.54) is 20.4 Å². The van der Waals surface area contributed by atoms with Crippen molar-refractivity contribution < 1.29 is 29.0 Å². The van der Waals surface area contributed by atoms with E-state index >= 15 is 0 Å². The zero-order valence-electron chi connectivity index (χ0n) is 24.4. The average Bonchev–Trinajstić information content (AvgIpc) is 3.69. The highest BCUT2D eigenvalue weighted by molar-refractivity contribution is 14.1. The molecule has 0 spiro atoms. The van der Waals surface area contributed by atoms with Crippen molar-refractivity contribution in [2.75, 3.05) is 24.9 Å². The molecule has 1 saturated carbocycles. The third-order valence-electron chi connectivity index (χ3n) is 6.58. The molecule has 1 unspecified atom stereocenters. The van der Waals surface area contributed by atoms with Gasteiger partial charge in [0, 0.05) is 39.4 Å². The molecule has 10 nitrogen and oxygen atoms in total. The zero-order chi connectivity index (χ0) is 30.0. The molecule has 2 amide bonds. The molecule has 1 aromatic heterocycles. The number of nitrogens with zero attached hydrogens (tertiary/aromatic N) is 2. The molecule has 3 rings (SSSR count). The lowest BCUT2D eigenvalue weighted by molar-refractivity contribution is -0.123. The summed E-state index contributed by atoms with van der Waals surface area (Å²) >= 11 is 2.30. The quantitative estimate of drug-likeness (QED) is 0.171. The number of ketones is 1. The second kappa shape index (κ2) is 12.3. The number of aromatic hydroxyl groups is 1. The third-order valence-corrected chi connectivity index (χ3v) is 8.04. The Morgan fingerprint density at radius 2 is 1.62 bits per heavy atom. The van der Waals surface area contributed by atoms with Gasteiger partial charge in [-0.2, -0.15) is 4.98 Å². The highest BCUT2D eigenvalue weighted by Crippen LogP contribution is 2.44. The largest absolute Gasteiger partial charge is 0.504 e. The van der Waals surface area contributed by atoms with Crippen LogP contribution in [0.3, 0.4) is 0 Å². The van der Waals surface area contributed by atoms with E-state index in [1.807, 2.05) is 0 Å². The first-order valence-corrected chi connectivity index (χ1v) is 14.4. The van der Waals surface area contributed by atoms with E-state index in [0.29, 0.717) is 17.0 Å². The zero-order valence-corrected chi connectivity index (χ0v) is 26.6. The summed E-state index contributed by atoms with van der Waals surface area (Å²) in [6.07, 6.45) is 4.05. The molecule has 0 saturated heterocycles. The molecule has 1 aliphatic carbocycles. The number of amides is 2. The maximum atomic E-state index is 13.5. The summed E-state index contributed by atoms with van der Waals surface area (Å²) in [6.45, 7) is 10.6. The van der Waals surface area contributed by atoms with Crippen LogP contribution in [-0.2, 0) is 16.0 Å². The lowest BCUT2D eigenvalue weighted by Crippen LogP contribution is -2.30. The number of carbonyl (C=O) groups is 3. The smallest absolute Gasteiger partial charge is 0.232 e. The van der Waals surface area contributed by atoms with E-state index in [1.54, 1.807) is 47.6 Å². The molecule has 1 aliphatic rings. The predicted molar refractivity (Wildman–Crippen MR) is 162 cm³/mol. The molecule has 1 fully saturated rings. The molecule has 2 aromatic rings. The molecule has 0 bridgehead atoms. The average molecular weight is 667 g/mol. The molecule has 3 N–H and O–H groups in total. The Morgan fingerprint density at radius 1 is 1.02 bits per heavy atom. The number of methoxy groups -OCH3 is 2. The van der Waals surface area contributed by atoms with Gasteiger partial charge in [0.05, 0.1) is 19.8 Å². The Labute approximate surface area is 249 Å². The van der Waals surface area contributed by atoms with Crippen molar-refractivity contribution in [2.24, 2.45) is 16.7 Å². The van der Waals surface area contributed by atoms with Crippen LogP contribution in [0.4, 0.5) is 11.8 Å². The number of benzene rings is 1. The van der Waals surface area contributed by atoms with Crippen LogP contribution in [0.25, 0.3) is 0 Å². The van der Waals surface area contributed by atoms with E-state index in [-0.39, 0.29) is 68.9 Å². The van der Waals surface area contributed by atoms with E-state index in [4.69, 9.17) is 9.47 Å². The van der Waals surface area contributed by atoms with Crippen molar-refractivity contribution in [2.45, 2.75) is 71.2 Å². The van der Waals surface area contributed by atoms with Crippen LogP contribution < -0.4 is 20.1 Å². The van der Waals surface area contributed by atoms with Gasteiger partial charge < -0.3 is 19.9 Å². The number of rotatable bonds is 10. The summed E-state index contributed by atoms with van der Waals surface area (Å²) in [5.74, 6) is -0.0172. The van der Waals surface area contributed by atoms with Gasteiger partial charge in [-0.05, 0) is 30.4 Å². The first-order chi connectivity index (χ1) is 18.6. The van der Waals surface area contributed by atoms with Crippen molar-refractivity contribution in [3.63, 3.8) is 0 Å². The summed E-state index contributed by atoms with van der Waals surface area (Å²) < 4.78 is 11.0. The lowest BCUT2D eigenvalue weighted by Gasteiger charge is -2.21. The highest BCUT2D eigenvalue weighted by Gasteiger charge is 2.33. The molecule has 1 heterocycles. The molecule has 11 heteroatoms. The maximum absolute atomic E-state index is 13.5. The van der Waals surface area contributed by atoms with Crippen molar-refractivity contribution in [3.8, 4) is 17.2 Å². The Morgan fingerprint density at radius 3 is 2.15 bits per heavy atom. The van der Waals surface area contributed by atoms with Crippen LogP contribution in [0, 0.1) is 16.7 Å². The van der Waals surface area contributed by atoms with Crippen LogP contribution in [0.2, 0.25) is 0 Å². The van der Waals surface area contributed by atoms with Gasteiger partial charge in [0.15, 0.2) is 17.3 Å². The minimum atomic E-state index is -0.724. The van der Waals surface area contributed by atoms with Gasteiger partial charge in [0.2, 0.25) is 23.5 Å². The molecule has 218 valence electrons. The minimum absolute atomic E-state index is 0.0385. The summed E-state index contributed by atoms with van der Waals surface area (Å²) in [4.78, 5) is 47.8. The van der Waals surface area contributed by atoms with Crippen molar-refractivity contribution in [3.05, 3.63) is 29.0 Å². The van der Waals surface area contributed by atoms with Crippen molar-refractivity contribution >= 4 is 52.0 Å². The molecular weight excluding hydrogens is 627 g/mol. The number of carbonyl (C=O) groups excluding carboxylic acids is 3. The predicted octanol–water partition coefficient (Wildman–Crippen LogP) is 5.55.